The minimum absolute atomic E-state index is 0.103. The van der Waals surface area contributed by atoms with Crippen LogP contribution in [0.15, 0.2) is 18.2 Å². The van der Waals surface area contributed by atoms with Gasteiger partial charge in [-0.25, -0.2) is 4.39 Å². The first-order valence-electron chi connectivity index (χ1n) is 7.28. The monoisotopic (exact) mass is 265 g/mol. The van der Waals surface area contributed by atoms with E-state index in [4.69, 9.17) is 0 Å². The number of para-hydroxylation sites is 1. The number of nitrogens with zero attached hydrogens (tertiary/aromatic N) is 1. The van der Waals surface area contributed by atoms with Gasteiger partial charge in [-0.3, -0.25) is 0 Å². The van der Waals surface area contributed by atoms with Crippen LogP contribution in [-0.2, 0) is 6.61 Å². The smallest absolute Gasteiger partial charge is 0.146 e. The third-order valence-electron chi connectivity index (χ3n) is 3.86. The molecule has 0 heterocycles. The molecule has 0 atom stereocenters. The van der Waals surface area contributed by atoms with E-state index in [2.05, 4.69) is 18.7 Å². The van der Waals surface area contributed by atoms with Crippen LogP contribution in [0.1, 0.15) is 45.1 Å². The molecule has 1 aromatic carbocycles. The van der Waals surface area contributed by atoms with Gasteiger partial charge in [0.15, 0.2) is 0 Å². The summed E-state index contributed by atoms with van der Waals surface area (Å²) in [6, 6.07) is 5.41. The maximum Gasteiger partial charge on any atom is 0.146 e. The summed E-state index contributed by atoms with van der Waals surface area (Å²) in [5, 5.41) is 9.48. The third kappa shape index (κ3) is 3.27. The summed E-state index contributed by atoms with van der Waals surface area (Å²) in [5.74, 6) is 0.269. The molecular formula is C16H24FNO. The number of anilines is 1. The summed E-state index contributed by atoms with van der Waals surface area (Å²) in [7, 11) is 0. The van der Waals surface area contributed by atoms with Crippen LogP contribution in [0.25, 0.3) is 0 Å². The van der Waals surface area contributed by atoms with Crippen molar-refractivity contribution < 1.29 is 9.50 Å². The second kappa shape index (κ2) is 6.38. The Morgan fingerprint density at radius 3 is 2.58 bits per heavy atom. The molecule has 1 aromatic rings. The van der Waals surface area contributed by atoms with E-state index in [-0.39, 0.29) is 12.4 Å². The van der Waals surface area contributed by atoms with E-state index in [1.807, 2.05) is 6.07 Å². The lowest BCUT2D eigenvalue weighted by Crippen LogP contribution is -2.37. The van der Waals surface area contributed by atoms with Crippen LogP contribution in [0.4, 0.5) is 10.1 Å². The van der Waals surface area contributed by atoms with Gasteiger partial charge in [0.25, 0.3) is 0 Å². The molecule has 0 unspecified atom stereocenters. The van der Waals surface area contributed by atoms with Gasteiger partial charge in [-0.15, -0.1) is 0 Å². The van der Waals surface area contributed by atoms with Crippen molar-refractivity contribution in [3.8, 4) is 0 Å². The molecule has 0 aliphatic heterocycles. The van der Waals surface area contributed by atoms with E-state index in [0.29, 0.717) is 23.2 Å². The van der Waals surface area contributed by atoms with Gasteiger partial charge in [-0.1, -0.05) is 38.8 Å². The van der Waals surface area contributed by atoms with Gasteiger partial charge >= 0.3 is 0 Å². The molecule has 2 rings (SSSR count). The van der Waals surface area contributed by atoms with Gasteiger partial charge in [0.05, 0.1) is 12.3 Å². The summed E-state index contributed by atoms with van der Waals surface area (Å²) >= 11 is 0. The molecule has 0 spiro atoms. The second-order valence-electron chi connectivity index (χ2n) is 5.89. The number of aliphatic hydroxyl groups excluding tert-OH is 1. The van der Waals surface area contributed by atoms with Crippen molar-refractivity contribution in [1.82, 2.24) is 0 Å². The van der Waals surface area contributed by atoms with Gasteiger partial charge < -0.3 is 10.0 Å². The predicted molar refractivity (Wildman–Crippen MR) is 76.8 cm³/mol. The minimum atomic E-state index is -0.209. The molecule has 0 saturated heterocycles. The molecule has 1 fully saturated rings. The molecule has 106 valence electrons. The Morgan fingerprint density at radius 1 is 1.32 bits per heavy atom. The van der Waals surface area contributed by atoms with Crippen molar-refractivity contribution >= 4 is 5.69 Å². The lowest BCUT2D eigenvalue weighted by atomic mass is 10.1. The highest BCUT2D eigenvalue weighted by Crippen LogP contribution is 2.33. The first-order chi connectivity index (χ1) is 9.13. The zero-order chi connectivity index (χ0) is 13.8. The number of halogens is 1. The average Bonchev–Trinajstić information content (AvgIpc) is 2.89. The highest BCUT2D eigenvalue weighted by Gasteiger charge is 2.26. The van der Waals surface area contributed by atoms with E-state index in [0.717, 1.165) is 19.4 Å². The predicted octanol–water partition coefficient (Wildman–Crippen LogP) is 3.72. The molecule has 0 radical (unpaired) electrons. The summed E-state index contributed by atoms with van der Waals surface area (Å²) in [5.41, 5.74) is 1.32. The topological polar surface area (TPSA) is 23.5 Å². The van der Waals surface area contributed by atoms with E-state index in [9.17, 15) is 9.50 Å². The second-order valence-corrected chi connectivity index (χ2v) is 5.89. The van der Waals surface area contributed by atoms with Crippen molar-refractivity contribution in [2.45, 2.75) is 52.2 Å². The van der Waals surface area contributed by atoms with Crippen LogP contribution in [0.2, 0.25) is 0 Å². The minimum Gasteiger partial charge on any atom is -0.392 e. The number of hydrogen-bond donors (Lipinski definition) is 1. The Balaban J connectivity index is 2.36. The van der Waals surface area contributed by atoms with Crippen molar-refractivity contribution in [1.29, 1.82) is 0 Å². The Hall–Kier alpha value is -1.09. The van der Waals surface area contributed by atoms with Crippen LogP contribution in [-0.4, -0.2) is 17.7 Å². The van der Waals surface area contributed by atoms with Gasteiger partial charge in [0.2, 0.25) is 0 Å². The quantitative estimate of drug-likeness (QED) is 0.877. The molecule has 0 aromatic heterocycles. The lowest BCUT2D eigenvalue weighted by Gasteiger charge is -2.34. The van der Waals surface area contributed by atoms with Crippen LogP contribution < -0.4 is 4.90 Å². The van der Waals surface area contributed by atoms with Crippen LogP contribution in [0, 0.1) is 11.7 Å². The summed E-state index contributed by atoms with van der Waals surface area (Å²) in [6.07, 6.45) is 4.71. The molecule has 1 N–H and O–H groups in total. The van der Waals surface area contributed by atoms with Crippen LogP contribution >= 0.6 is 0 Å². The van der Waals surface area contributed by atoms with E-state index < -0.39 is 0 Å². The number of rotatable bonds is 5. The zero-order valence-corrected chi connectivity index (χ0v) is 11.9. The summed E-state index contributed by atoms with van der Waals surface area (Å²) in [6.45, 7) is 5.05. The van der Waals surface area contributed by atoms with Gasteiger partial charge in [0.1, 0.15) is 5.82 Å². The molecule has 0 amide bonds. The summed E-state index contributed by atoms with van der Waals surface area (Å²) < 4.78 is 14.2. The van der Waals surface area contributed by atoms with Gasteiger partial charge in [-0.05, 0) is 24.8 Å². The Labute approximate surface area is 115 Å². The zero-order valence-electron chi connectivity index (χ0n) is 11.9. The highest BCUT2D eigenvalue weighted by molar-refractivity contribution is 5.55. The van der Waals surface area contributed by atoms with Crippen molar-refractivity contribution in [2.24, 2.45) is 5.92 Å². The lowest BCUT2D eigenvalue weighted by molar-refractivity contribution is 0.281. The van der Waals surface area contributed by atoms with E-state index >= 15 is 0 Å². The average molecular weight is 265 g/mol. The maximum absolute atomic E-state index is 14.2. The largest absolute Gasteiger partial charge is 0.392 e. The fourth-order valence-electron chi connectivity index (χ4n) is 3.04. The molecule has 19 heavy (non-hydrogen) atoms. The molecule has 1 aliphatic carbocycles. The molecule has 1 aliphatic rings. The third-order valence-corrected chi connectivity index (χ3v) is 3.86. The molecule has 2 nitrogen and oxygen atoms in total. The van der Waals surface area contributed by atoms with E-state index in [1.165, 1.54) is 18.9 Å². The first-order valence-corrected chi connectivity index (χ1v) is 7.28. The van der Waals surface area contributed by atoms with Crippen molar-refractivity contribution in [2.75, 3.05) is 11.4 Å². The summed E-state index contributed by atoms with van der Waals surface area (Å²) in [4.78, 5) is 2.19. The fraction of sp³-hybridized carbons (Fsp3) is 0.625. The fourth-order valence-corrected chi connectivity index (χ4v) is 3.04. The normalized spacial score (nSPS) is 16.3. The molecular weight excluding hydrogens is 241 g/mol. The van der Waals surface area contributed by atoms with Crippen LogP contribution in [0.3, 0.4) is 0 Å². The highest BCUT2D eigenvalue weighted by atomic mass is 19.1. The first kappa shape index (κ1) is 14.3. The Bertz CT molecular complexity index is 413. The number of benzene rings is 1. The maximum atomic E-state index is 14.2. The molecule has 3 heteroatoms. The van der Waals surface area contributed by atoms with Crippen molar-refractivity contribution in [3.63, 3.8) is 0 Å². The SMILES string of the molecule is CC(C)CN(c1c(F)cccc1CO)C1CCCC1. The standard InChI is InChI=1S/C16H24FNO/c1-12(2)10-18(14-7-3-4-8-14)16-13(11-19)6-5-9-15(16)17/h5-6,9,12,14,19H,3-4,7-8,10-11H2,1-2H3. The van der Waals surface area contributed by atoms with Crippen molar-refractivity contribution in [3.05, 3.63) is 29.6 Å². The number of hydrogen-bond acceptors (Lipinski definition) is 2. The van der Waals surface area contributed by atoms with E-state index in [1.54, 1.807) is 6.07 Å². The van der Waals surface area contributed by atoms with Gasteiger partial charge in [0, 0.05) is 18.2 Å². The molecule has 0 bridgehead atoms. The number of aliphatic hydroxyl groups is 1. The van der Waals surface area contributed by atoms with Crippen LogP contribution in [0.5, 0.6) is 0 Å². The Morgan fingerprint density at radius 2 is 2.00 bits per heavy atom. The Kier molecular flexibility index (Phi) is 4.81. The molecule has 1 saturated carbocycles. The van der Waals surface area contributed by atoms with Gasteiger partial charge in [-0.2, -0.15) is 0 Å².